The van der Waals surface area contributed by atoms with Crippen molar-refractivity contribution in [1.29, 1.82) is 0 Å². The van der Waals surface area contributed by atoms with Crippen molar-refractivity contribution >= 4 is 22.4 Å². The Balaban J connectivity index is 1.44. The number of ether oxygens (including phenoxy) is 1. The van der Waals surface area contributed by atoms with Gasteiger partial charge in [0.15, 0.2) is 0 Å². The molecule has 0 spiro atoms. The van der Waals surface area contributed by atoms with E-state index >= 15 is 0 Å². The summed E-state index contributed by atoms with van der Waals surface area (Å²) in [7, 11) is 3.46. The number of pyridine rings is 1. The highest BCUT2D eigenvalue weighted by Gasteiger charge is 2.40. The maximum absolute atomic E-state index is 14.1. The first kappa shape index (κ1) is 24.5. The summed E-state index contributed by atoms with van der Waals surface area (Å²) >= 11 is 0. The largest absolute Gasteiger partial charge is 0.383 e. The molecule has 5 rings (SSSR count). The summed E-state index contributed by atoms with van der Waals surface area (Å²) < 4.78 is 6.78. The van der Waals surface area contributed by atoms with Crippen molar-refractivity contribution in [1.82, 2.24) is 14.8 Å². The number of carbonyl (C=O) groups is 1. The zero-order valence-corrected chi connectivity index (χ0v) is 21.2. The van der Waals surface area contributed by atoms with Crippen LogP contribution in [-0.4, -0.2) is 54.8 Å². The van der Waals surface area contributed by atoms with E-state index in [0.29, 0.717) is 19.7 Å². The Morgan fingerprint density at radius 3 is 2.78 bits per heavy atom. The highest BCUT2D eigenvalue weighted by molar-refractivity contribution is 5.90. The molecule has 2 unspecified atom stereocenters. The van der Waals surface area contributed by atoms with Gasteiger partial charge in [-0.25, -0.2) is 0 Å². The maximum Gasteiger partial charge on any atom is 0.250 e. The van der Waals surface area contributed by atoms with Crippen molar-refractivity contribution in [3.63, 3.8) is 0 Å². The summed E-state index contributed by atoms with van der Waals surface area (Å²) in [6, 6.07) is 16.7. The van der Waals surface area contributed by atoms with Crippen LogP contribution in [0.1, 0.15) is 36.3 Å². The molecule has 36 heavy (non-hydrogen) atoms. The van der Waals surface area contributed by atoms with Gasteiger partial charge in [0.2, 0.25) is 5.91 Å². The molecule has 190 valence electrons. The molecule has 2 heterocycles. The molecule has 3 aromatic rings. The van der Waals surface area contributed by atoms with Gasteiger partial charge in [0, 0.05) is 57.8 Å². The fraction of sp³-hybridized carbons (Fsp3) is 0.448. The van der Waals surface area contributed by atoms with Crippen molar-refractivity contribution in [3.05, 3.63) is 76.2 Å². The molecule has 2 aliphatic rings. The lowest BCUT2D eigenvalue weighted by molar-refractivity contribution is -0.138. The molecule has 1 aromatic heterocycles. The number of rotatable bonds is 9. The third kappa shape index (κ3) is 5.32. The molecule has 1 amide bonds. The Bertz CT molecular complexity index is 1280. The SMILES string of the molecule is COCCNc1cc(CN(C(=O)C2CNCCC2c2ccn(C)c(=O)c2)C2CC2)c2ccccc2c1. The third-order valence-electron chi connectivity index (χ3n) is 7.55. The molecular weight excluding hydrogens is 452 g/mol. The van der Waals surface area contributed by atoms with E-state index < -0.39 is 0 Å². The molecule has 2 atom stereocenters. The van der Waals surface area contributed by atoms with Crippen LogP contribution in [0.4, 0.5) is 5.69 Å². The summed E-state index contributed by atoms with van der Waals surface area (Å²) in [5, 5.41) is 9.23. The third-order valence-corrected chi connectivity index (χ3v) is 7.55. The number of nitrogens with one attached hydrogen (secondary N) is 2. The van der Waals surface area contributed by atoms with Crippen LogP contribution in [0.2, 0.25) is 0 Å². The monoisotopic (exact) mass is 488 g/mol. The summed E-state index contributed by atoms with van der Waals surface area (Å²) in [6.45, 7) is 3.44. The number of aromatic nitrogens is 1. The van der Waals surface area contributed by atoms with Crippen molar-refractivity contribution in [3.8, 4) is 0 Å². The van der Waals surface area contributed by atoms with E-state index in [4.69, 9.17) is 4.74 Å². The van der Waals surface area contributed by atoms with Gasteiger partial charge in [0.1, 0.15) is 0 Å². The minimum Gasteiger partial charge on any atom is -0.383 e. The van der Waals surface area contributed by atoms with Crippen LogP contribution in [0.3, 0.4) is 0 Å². The fourth-order valence-electron chi connectivity index (χ4n) is 5.40. The molecule has 7 nitrogen and oxygen atoms in total. The minimum atomic E-state index is -0.180. The van der Waals surface area contributed by atoms with Crippen LogP contribution in [0.5, 0.6) is 0 Å². The van der Waals surface area contributed by atoms with Crippen molar-refractivity contribution in [2.45, 2.75) is 37.8 Å². The van der Waals surface area contributed by atoms with E-state index in [2.05, 4.69) is 51.9 Å². The van der Waals surface area contributed by atoms with Crippen LogP contribution >= 0.6 is 0 Å². The predicted octanol–water partition coefficient (Wildman–Crippen LogP) is 3.48. The number of hydrogen-bond acceptors (Lipinski definition) is 5. The number of methoxy groups -OCH3 is 1. The van der Waals surface area contributed by atoms with E-state index in [0.717, 1.165) is 54.6 Å². The number of benzene rings is 2. The first-order valence-corrected chi connectivity index (χ1v) is 13.0. The van der Waals surface area contributed by atoms with Crippen molar-refractivity contribution in [2.75, 3.05) is 38.7 Å². The predicted molar refractivity (Wildman–Crippen MR) is 143 cm³/mol. The Morgan fingerprint density at radius 1 is 1.17 bits per heavy atom. The van der Waals surface area contributed by atoms with E-state index in [-0.39, 0.29) is 29.3 Å². The van der Waals surface area contributed by atoms with Gasteiger partial charge in [-0.1, -0.05) is 24.3 Å². The zero-order valence-electron chi connectivity index (χ0n) is 21.2. The van der Waals surface area contributed by atoms with Gasteiger partial charge < -0.3 is 24.8 Å². The van der Waals surface area contributed by atoms with E-state index in [9.17, 15) is 9.59 Å². The van der Waals surface area contributed by atoms with Gasteiger partial charge in [0.05, 0.1) is 12.5 Å². The fourth-order valence-corrected chi connectivity index (χ4v) is 5.40. The summed E-state index contributed by atoms with van der Waals surface area (Å²) in [5.41, 5.74) is 3.15. The molecule has 2 aromatic carbocycles. The molecule has 1 aliphatic heterocycles. The van der Waals surface area contributed by atoms with E-state index in [1.165, 1.54) is 5.39 Å². The molecule has 0 radical (unpaired) electrons. The molecular formula is C29H36N4O3. The molecule has 1 aliphatic carbocycles. The lowest BCUT2D eigenvalue weighted by Crippen LogP contribution is -2.47. The number of carbonyl (C=O) groups excluding carboxylic acids is 1. The Morgan fingerprint density at radius 2 is 2.00 bits per heavy atom. The Hall–Kier alpha value is -3.16. The zero-order chi connectivity index (χ0) is 25.1. The second-order valence-corrected chi connectivity index (χ2v) is 10.1. The molecule has 2 N–H and O–H groups in total. The minimum absolute atomic E-state index is 0.0273. The summed E-state index contributed by atoms with van der Waals surface area (Å²) in [4.78, 5) is 28.6. The number of fused-ring (bicyclic) bond motifs is 1. The number of hydrogen-bond donors (Lipinski definition) is 2. The van der Waals surface area contributed by atoms with Gasteiger partial charge >= 0.3 is 0 Å². The summed E-state index contributed by atoms with van der Waals surface area (Å²) in [5.74, 6) is 0.0608. The van der Waals surface area contributed by atoms with Crippen LogP contribution in [0, 0.1) is 5.92 Å². The summed E-state index contributed by atoms with van der Waals surface area (Å²) in [6.07, 6.45) is 4.76. The standard InChI is InChI=1S/C29H36N4O3/c1-32-13-10-21(17-28(32)34)26-9-11-30-18-27(26)29(35)33(24-7-8-24)19-22-16-23(31-12-14-36-2)15-20-5-3-4-6-25(20)22/h3-6,10,13,15-17,24,26-27,30-31H,7-9,11-12,14,18-19H2,1-2H3. The first-order chi connectivity index (χ1) is 17.5. The van der Waals surface area contributed by atoms with E-state index in [1.807, 2.05) is 12.3 Å². The maximum atomic E-state index is 14.1. The van der Waals surface area contributed by atoms with Crippen LogP contribution in [0.25, 0.3) is 10.8 Å². The topological polar surface area (TPSA) is 75.6 Å². The number of piperidine rings is 1. The molecule has 1 saturated carbocycles. The van der Waals surface area contributed by atoms with Gasteiger partial charge in [-0.05, 0) is 71.8 Å². The lowest BCUT2D eigenvalue weighted by Gasteiger charge is -2.36. The van der Waals surface area contributed by atoms with Crippen LogP contribution < -0.4 is 16.2 Å². The lowest BCUT2D eigenvalue weighted by atomic mass is 9.80. The Kier molecular flexibility index (Phi) is 7.39. The smallest absolute Gasteiger partial charge is 0.250 e. The number of nitrogens with zero attached hydrogens (tertiary/aromatic N) is 2. The second-order valence-electron chi connectivity index (χ2n) is 10.1. The number of anilines is 1. The molecule has 2 fully saturated rings. The van der Waals surface area contributed by atoms with Gasteiger partial charge in [0.25, 0.3) is 5.56 Å². The number of aryl methyl sites for hydroxylation is 1. The highest BCUT2D eigenvalue weighted by Crippen LogP contribution is 2.37. The van der Waals surface area contributed by atoms with Crippen LogP contribution in [0.15, 0.2) is 59.5 Å². The molecule has 7 heteroatoms. The van der Waals surface area contributed by atoms with Crippen LogP contribution in [-0.2, 0) is 23.1 Å². The average molecular weight is 489 g/mol. The van der Waals surface area contributed by atoms with Gasteiger partial charge in [-0.3, -0.25) is 9.59 Å². The second kappa shape index (κ2) is 10.8. The Labute approximate surface area is 212 Å². The number of amides is 1. The normalized spacial score (nSPS) is 19.8. The highest BCUT2D eigenvalue weighted by atomic mass is 16.5. The molecule has 0 bridgehead atoms. The quantitative estimate of drug-likeness (QED) is 0.451. The first-order valence-electron chi connectivity index (χ1n) is 13.0. The van der Waals surface area contributed by atoms with Crippen molar-refractivity contribution in [2.24, 2.45) is 13.0 Å². The molecule has 1 saturated heterocycles. The van der Waals surface area contributed by atoms with Gasteiger partial charge in [-0.15, -0.1) is 0 Å². The average Bonchev–Trinajstić information content (AvgIpc) is 3.74. The van der Waals surface area contributed by atoms with Crippen molar-refractivity contribution < 1.29 is 9.53 Å². The van der Waals surface area contributed by atoms with E-state index in [1.54, 1.807) is 24.8 Å². The van der Waals surface area contributed by atoms with Gasteiger partial charge in [-0.2, -0.15) is 0 Å².